The van der Waals surface area contributed by atoms with Gasteiger partial charge in [-0.05, 0) is 40.7 Å². The molecule has 0 spiro atoms. The Balaban J connectivity index is 1.76. The molecule has 1 aliphatic heterocycles. The van der Waals surface area contributed by atoms with E-state index in [2.05, 4.69) is 61.4 Å². The molecule has 1 aliphatic rings. The summed E-state index contributed by atoms with van der Waals surface area (Å²) in [5, 5.41) is 3.00. The fourth-order valence-electron chi connectivity index (χ4n) is 3.93. The van der Waals surface area contributed by atoms with Crippen LogP contribution in [0.4, 0.5) is 0 Å². The molecule has 0 bridgehead atoms. The normalized spacial score (nSPS) is 16.9. The maximum atomic E-state index is 12.9. The molecule has 2 N–H and O–H groups in total. The third-order valence-electron chi connectivity index (χ3n) is 5.74. The van der Waals surface area contributed by atoms with E-state index in [0.717, 1.165) is 28.8 Å². The predicted molar refractivity (Wildman–Crippen MR) is 126 cm³/mol. The van der Waals surface area contributed by atoms with Gasteiger partial charge in [-0.25, -0.2) is 0 Å². The summed E-state index contributed by atoms with van der Waals surface area (Å²) >= 11 is 0. The number of H-pyrrole nitrogens is 1. The topological polar surface area (TPSA) is 62.0 Å². The van der Waals surface area contributed by atoms with Crippen LogP contribution < -0.4 is 10.9 Å². The molecule has 1 saturated heterocycles. The fourth-order valence-corrected chi connectivity index (χ4v) is 3.93. The third-order valence-corrected chi connectivity index (χ3v) is 5.74. The van der Waals surface area contributed by atoms with Gasteiger partial charge >= 0.3 is 0 Å². The van der Waals surface area contributed by atoms with E-state index in [9.17, 15) is 9.59 Å². The third kappa shape index (κ3) is 4.69. The van der Waals surface area contributed by atoms with Crippen molar-refractivity contribution in [1.29, 1.82) is 0 Å². The number of aromatic nitrogens is 1. The summed E-state index contributed by atoms with van der Waals surface area (Å²) in [4.78, 5) is 27.7. The first kappa shape index (κ1) is 20.9. The number of amides is 1. The van der Waals surface area contributed by atoms with E-state index >= 15 is 0 Å². The van der Waals surface area contributed by atoms with Gasteiger partial charge in [0.15, 0.2) is 0 Å². The van der Waals surface area contributed by atoms with Gasteiger partial charge in [-0.2, -0.15) is 0 Å². The lowest BCUT2D eigenvalue weighted by Crippen LogP contribution is -2.23. The first-order valence-electron chi connectivity index (χ1n) is 10.7. The number of benzene rings is 2. The van der Waals surface area contributed by atoms with Crippen LogP contribution in [0.15, 0.2) is 77.6 Å². The Morgan fingerprint density at radius 2 is 1.65 bits per heavy atom. The van der Waals surface area contributed by atoms with Crippen molar-refractivity contribution in [3.63, 3.8) is 0 Å². The predicted octanol–water partition coefficient (Wildman–Crippen LogP) is 5.05. The molecular formula is C27H28N2O2. The zero-order valence-corrected chi connectivity index (χ0v) is 18.2. The SMILES string of the molecule is CC(C)(C)c1ccc(C(=C[C@H]2CCC(=O)N2)c2ccc(-c3ccccc3)c(=O)[nH]2)cc1. The molecule has 1 amide bonds. The second-order valence-corrected chi connectivity index (χ2v) is 9.10. The summed E-state index contributed by atoms with van der Waals surface area (Å²) in [6, 6.07) is 21.9. The lowest BCUT2D eigenvalue weighted by molar-refractivity contribution is -0.119. The van der Waals surface area contributed by atoms with Crippen LogP contribution in [-0.4, -0.2) is 16.9 Å². The highest BCUT2D eigenvalue weighted by Crippen LogP contribution is 2.28. The van der Waals surface area contributed by atoms with E-state index in [1.54, 1.807) is 0 Å². The second kappa shape index (κ2) is 8.38. The standard InChI is InChI=1S/C27H28N2O2/c1-27(2,3)20-11-9-19(10-12-20)23(17-21-13-16-25(30)28-21)24-15-14-22(26(31)29-24)18-7-5-4-6-8-18/h4-12,14-15,17,21H,13,16H2,1-3H3,(H,28,30)(H,29,31)/t21-/m1/s1. The Morgan fingerprint density at radius 3 is 2.23 bits per heavy atom. The highest BCUT2D eigenvalue weighted by Gasteiger charge is 2.21. The largest absolute Gasteiger partial charge is 0.350 e. The van der Waals surface area contributed by atoms with Crippen LogP contribution >= 0.6 is 0 Å². The zero-order chi connectivity index (χ0) is 22.0. The van der Waals surface area contributed by atoms with Crippen molar-refractivity contribution < 1.29 is 4.79 Å². The highest BCUT2D eigenvalue weighted by molar-refractivity contribution is 5.82. The number of aromatic amines is 1. The van der Waals surface area contributed by atoms with E-state index in [4.69, 9.17) is 0 Å². The highest BCUT2D eigenvalue weighted by atomic mass is 16.2. The van der Waals surface area contributed by atoms with Crippen LogP contribution in [0.25, 0.3) is 16.7 Å². The first-order chi connectivity index (χ1) is 14.8. The van der Waals surface area contributed by atoms with Crippen molar-refractivity contribution in [2.45, 2.75) is 45.1 Å². The summed E-state index contributed by atoms with van der Waals surface area (Å²) in [5.74, 6) is 0.0663. The quantitative estimate of drug-likeness (QED) is 0.630. The monoisotopic (exact) mass is 412 g/mol. The average molecular weight is 413 g/mol. The number of hydrogen-bond acceptors (Lipinski definition) is 2. The van der Waals surface area contributed by atoms with Crippen LogP contribution in [0.3, 0.4) is 0 Å². The number of carbonyl (C=O) groups is 1. The molecule has 4 nitrogen and oxygen atoms in total. The molecule has 1 atom stereocenters. The second-order valence-electron chi connectivity index (χ2n) is 9.10. The summed E-state index contributed by atoms with van der Waals surface area (Å²) in [7, 11) is 0. The molecule has 0 unspecified atom stereocenters. The van der Waals surface area contributed by atoms with Crippen LogP contribution in [0.5, 0.6) is 0 Å². The summed E-state index contributed by atoms with van der Waals surface area (Å²) in [5.41, 5.74) is 5.39. The lowest BCUT2D eigenvalue weighted by atomic mass is 9.86. The number of pyridine rings is 1. The molecular weight excluding hydrogens is 384 g/mol. The molecule has 1 fully saturated rings. The first-order valence-corrected chi connectivity index (χ1v) is 10.7. The molecule has 0 radical (unpaired) electrons. The van der Waals surface area contributed by atoms with E-state index < -0.39 is 0 Å². The van der Waals surface area contributed by atoms with E-state index in [-0.39, 0.29) is 22.9 Å². The molecule has 158 valence electrons. The zero-order valence-electron chi connectivity index (χ0n) is 18.2. The van der Waals surface area contributed by atoms with Crippen molar-refractivity contribution in [2.75, 3.05) is 0 Å². The Kier molecular flexibility index (Phi) is 5.64. The van der Waals surface area contributed by atoms with Gasteiger partial charge in [0.25, 0.3) is 5.56 Å². The number of carbonyl (C=O) groups excluding carboxylic acids is 1. The van der Waals surface area contributed by atoms with Crippen LogP contribution in [0.1, 0.15) is 50.4 Å². The van der Waals surface area contributed by atoms with Gasteiger partial charge in [-0.1, -0.05) is 81.4 Å². The molecule has 1 aromatic heterocycles. The number of rotatable bonds is 4. The van der Waals surface area contributed by atoms with Crippen LogP contribution in [0.2, 0.25) is 0 Å². The molecule has 4 rings (SSSR count). The molecule has 2 heterocycles. The van der Waals surface area contributed by atoms with Gasteiger partial charge in [0, 0.05) is 29.3 Å². The molecule has 31 heavy (non-hydrogen) atoms. The van der Waals surface area contributed by atoms with Gasteiger partial charge in [0.05, 0.1) is 0 Å². The fraction of sp³-hybridized carbons (Fsp3) is 0.259. The Bertz CT molecular complexity index is 1170. The van der Waals surface area contributed by atoms with E-state index in [0.29, 0.717) is 12.0 Å². The maximum absolute atomic E-state index is 12.9. The smallest absolute Gasteiger partial charge is 0.256 e. The average Bonchev–Trinajstić information content (AvgIpc) is 3.17. The van der Waals surface area contributed by atoms with Crippen molar-refractivity contribution in [2.24, 2.45) is 0 Å². The minimum Gasteiger partial charge on any atom is -0.350 e. The molecule has 2 aromatic carbocycles. The number of hydrogen-bond donors (Lipinski definition) is 2. The Labute approximate surface area is 183 Å². The van der Waals surface area contributed by atoms with Crippen molar-refractivity contribution in [3.8, 4) is 11.1 Å². The van der Waals surface area contributed by atoms with Crippen molar-refractivity contribution in [3.05, 3.63) is 100.0 Å². The van der Waals surface area contributed by atoms with Gasteiger partial charge in [0.2, 0.25) is 5.91 Å². The van der Waals surface area contributed by atoms with Crippen LogP contribution in [0, 0.1) is 0 Å². The molecule has 0 aliphatic carbocycles. The number of nitrogens with one attached hydrogen (secondary N) is 2. The minimum absolute atomic E-state index is 0.0397. The van der Waals surface area contributed by atoms with Gasteiger partial charge in [-0.15, -0.1) is 0 Å². The summed E-state index contributed by atoms with van der Waals surface area (Å²) < 4.78 is 0. The molecule has 4 heteroatoms. The van der Waals surface area contributed by atoms with Crippen molar-refractivity contribution in [1.82, 2.24) is 10.3 Å². The summed E-state index contributed by atoms with van der Waals surface area (Å²) in [6.45, 7) is 6.56. The van der Waals surface area contributed by atoms with E-state index in [1.165, 1.54) is 5.56 Å². The van der Waals surface area contributed by atoms with Gasteiger partial charge in [-0.3, -0.25) is 9.59 Å². The van der Waals surface area contributed by atoms with Crippen molar-refractivity contribution >= 4 is 11.5 Å². The molecule has 3 aromatic rings. The van der Waals surface area contributed by atoms with E-state index in [1.807, 2.05) is 42.5 Å². The summed E-state index contributed by atoms with van der Waals surface area (Å²) in [6.07, 6.45) is 3.35. The lowest BCUT2D eigenvalue weighted by Gasteiger charge is -2.20. The maximum Gasteiger partial charge on any atom is 0.256 e. The van der Waals surface area contributed by atoms with Gasteiger partial charge < -0.3 is 10.3 Å². The minimum atomic E-state index is -0.128. The van der Waals surface area contributed by atoms with Crippen LogP contribution in [-0.2, 0) is 10.2 Å². The Morgan fingerprint density at radius 1 is 0.935 bits per heavy atom. The molecule has 0 saturated carbocycles. The Hall–Kier alpha value is -3.40. The van der Waals surface area contributed by atoms with Gasteiger partial charge in [0.1, 0.15) is 0 Å².